The molecule has 148 valence electrons. The normalized spacial score (nSPS) is 16.5. The summed E-state index contributed by atoms with van der Waals surface area (Å²) in [5.74, 6) is 2.37. The van der Waals surface area contributed by atoms with Gasteiger partial charge in [0.1, 0.15) is 11.5 Å². The molecule has 3 aromatic heterocycles. The van der Waals surface area contributed by atoms with Gasteiger partial charge in [0.25, 0.3) is 0 Å². The summed E-state index contributed by atoms with van der Waals surface area (Å²) in [6.45, 7) is 1.61. The molecule has 0 spiro atoms. The molecule has 1 atom stereocenters. The molecule has 0 amide bonds. The lowest BCUT2D eigenvalue weighted by molar-refractivity contribution is 0.0953. The first-order chi connectivity index (χ1) is 14.4. The Labute approximate surface area is 176 Å². The highest BCUT2D eigenvalue weighted by molar-refractivity contribution is 7.98. The maximum atomic E-state index is 5.86. The maximum absolute atomic E-state index is 5.86. The fourth-order valence-electron chi connectivity index (χ4n) is 3.40. The first-order valence-electron chi connectivity index (χ1n) is 9.59. The first kappa shape index (κ1) is 18.6. The molecule has 1 unspecified atom stereocenters. The van der Waals surface area contributed by atoms with E-state index in [2.05, 4.69) is 31.4 Å². The van der Waals surface area contributed by atoms with Gasteiger partial charge in [0, 0.05) is 18.2 Å². The van der Waals surface area contributed by atoms with Crippen molar-refractivity contribution in [1.29, 1.82) is 0 Å². The number of nitrogens with zero attached hydrogens (tertiary/aromatic N) is 4. The van der Waals surface area contributed by atoms with E-state index in [1.165, 1.54) is 0 Å². The maximum Gasteiger partial charge on any atom is 0.192 e. The van der Waals surface area contributed by atoms with Gasteiger partial charge >= 0.3 is 0 Å². The van der Waals surface area contributed by atoms with Crippen molar-refractivity contribution in [2.24, 2.45) is 0 Å². The summed E-state index contributed by atoms with van der Waals surface area (Å²) in [5, 5.41) is 16.1. The van der Waals surface area contributed by atoms with Crippen LogP contribution in [-0.2, 0) is 17.0 Å². The number of ether oxygens (including phenoxy) is 1. The molecule has 4 aromatic rings. The molecule has 0 radical (unpaired) electrons. The molecule has 8 heteroatoms. The Balaban J connectivity index is 1.35. The quantitative estimate of drug-likeness (QED) is 0.383. The molecule has 4 heterocycles. The highest BCUT2D eigenvalue weighted by Gasteiger charge is 2.22. The molecule has 0 N–H and O–H groups in total. The topological polar surface area (TPSA) is 66.0 Å². The van der Waals surface area contributed by atoms with Crippen molar-refractivity contribution in [3.63, 3.8) is 0 Å². The lowest BCUT2D eigenvalue weighted by atomic mass is 10.1. The summed E-state index contributed by atoms with van der Waals surface area (Å²) >= 11 is 3.29. The number of rotatable bonds is 7. The van der Waals surface area contributed by atoms with E-state index in [0.717, 1.165) is 58.9 Å². The molecular weight excluding hydrogens is 404 g/mol. The molecule has 1 aliphatic heterocycles. The van der Waals surface area contributed by atoms with Crippen molar-refractivity contribution >= 4 is 23.1 Å². The summed E-state index contributed by atoms with van der Waals surface area (Å²) in [6, 6.07) is 16.2. The summed E-state index contributed by atoms with van der Waals surface area (Å²) in [7, 11) is 0. The second-order valence-electron chi connectivity index (χ2n) is 6.86. The number of hydrogen-bond donors (Lipinski definition) is 0. The third-order valence-corrected chi connectivity index (χ3v) is 6.70. The van der Waals surface area contributed by atoms with E-state index in [1.54, 1.807) is 23.1 Å². The molecule has 1 aromatic carbocycles. The van der Waals surface area contributed by atoms with Crippen LogP contribution >= 0.6 is 23.1 Å². The van der Waals surface area contributed by atoms with E-state index in [1.807, 2.05) is 42.5 Å². The van der Waals surface area contributed by atoms with Crippen molar-refractivity contribution in [2.75, 3.05) is 6.61 Å². The molecule has 29 heavy (non-hydrogen) atoms. The van der Waals surface area contributed by atoms with Crippen LogP contribution in [0.25, 0.3) is 22.0 Å². The Morgan fingerprint density at radius 2 is 2.07 bits per heavy atom. The van der Waals surface area contributed by atoms with Crippen molar-refractivity contribution in [3.8, 4) is 22.0 Å². The highest BCUT2D eigenvalue weighted by atomic mass is 32.2. The largest absolute Gasteiger partial charge is 0.376 e. The zero-order valence-corrected chi connectivity index (χ0v) is 17.4. The minimum absolute atomic E-state index is 0.221. The van der Waals surface area contributed by atoms with Crippen molar-refractivity contribution in [2.45, 2.75) is 36.4 Å². The van der Waals surface area contributed by atoms with E-state index in [9.17, 15) is 0 Å². The predicted octanol–water partition coefficient (Wildman–Crippen LogP) is 5.13. The van der Waals surface area contributed by atoms with Crippen molar-refractivity contribution < 1.29 is 9.26 Å². The lowest BCUT2D eigenvalue weighted by Gasteiger charge is -2.13. The second-order valence-corrected chi connectivity index (χ2v) is 8.75. The predicted molar refractivity (Wildman–Crippen MR) is 114 cm³/mol. The van der Waals surface area contributed by atoms with Gasteiger partial charge in [-0.1, -0.05) is 53.3 Å². The van der Waals surface area contributed by atoms with Crippen LogP contribution in [0.3, 0.4) is 0 Å². The van der Waals surface area contributed by atoms with Crippen LogP contribution in [0, 0.1) is 0 Å². The zero-order chi connectivity index (χ0) is 19.5. The Morgan fingerprint density at radius 1 is 1.14 bits per heavy atom. The number of hydrogen-bond acceptors (Lipinski definition) is 7. The Morgan fingerprint density at radius 3 is 2.86 bits per heavy atom. The molecule has 6 nitrogen and oxygen atoms in total. The second kappa shape index (κ2) is 8.52. The van der Waals surface area contributed by atoms with Crippen LogP contribution in [0.5, 0.6) is 0 Å². The van der Waals surface area contributed by atoms with Gasteiger partial charge < -0.3 is 9.26 Å². The molecule has 0 saturated carbocycles. The molecule has 1 aliphatic rings. The van der Waals surface area contributed by atoms with Gasteiger partial charge in [0.2, 0.25) is 0 Å². The minimum Gasteiger partial charge on any atom is -0.376 e. The van der Waals surface area contributed by atoms with Crippen LogP contribution in [0.1, 0.15) is 18.6 Å². The lowest BCUT2D eigenvalue weighted by Crippen LogP contribution is -2.16. The molecule has 0 bridgehead atoms. The SMILES string of the molecule is c1ccc(-c2cc(CSc3nnc(-c4cccs4)n3CC3CCCO3)on2)cc1. The zero-order valence-electron chi connectivity index (χ0n) is 15.7. The minimum atomic E-state index is 0.221. The summed E-state index contributed by atoms with van der Waals surface area (Å²) in [5.41, 5.74) is 1.90. The molecule has 5 rings (SSSR count). The average molecular weight is 425 g/mol. The fourth-order valence-corrected chi connectivity index (χ4v) is 4.94. The summed E-state index contributed by atoms with van der Waals surface area (Å²) in [6.07, 6.45) is 2.41. The molecular formula is C21H20N4O2S2. The van der Waals surface area contributed by atoms with Crippen LogP contribution in [-0.4, -0.2) is 32.6 Å². The standard InChI is InChI=1S/C21H20N4O2S2/c1-2-6-15(7-3-1)18-12-17(27-24-18)14-29-21-23-22-20(19-9-5-11-28-19)25(21)13-16-8-4-10-26-16/h1-3,5-7,9,11-12,16H,4,8,10,13-14H2. The van der Waals surface area contributed by atoms with Gasteiger partial charge in [-0.3, -0.25) is 4.57 Å². The van der Waals surface area contributed by atoms with Gasteiger partial charge in [-0.05, 0) is 24.3 Å². The van der Waals surface area contributed by atoms with E-state index >= 15 is 0 Å². The average Bonchev–Trinajstić information content (AvgIpc) is 3.54. The van der Waals surface area contributed by atoms with Crippen molar-refractivity contribution in [1.82, 2.24) is 19.9 Å². The number of aromatic nitrogens is 4. The van der Waals surface area contributed by atoms with Gasteiger partial charge in [-0.25, -0.2) is 0 Å². The molecule has 1 fully saturated rings. The van der Waals surface area contributed by atoms with E-state index in [4.69, 9.17) is 9.26 Å². The Kier molecular flexibility index (Phi) is 5.47. The number of benzene rings is 1. The molecule has 0 aliphatic carbocycles. The van der Waals surface area contributed by atoms with Crippen LogP contribution in [0.4, 0.5) is 0 Å². The van der Waals surface area contributed by atoms with Crippen LogP contribution < -0.4 is 0 Å². The van der Waals surface area contributed by atoms with Gasteiger partial charge in [0.05, 0.1) is 23.3 Å². The smallest absolute Gasteiger partial charge is 0.192 e. The van der Waals surface area contributed by atoms with E-state index in [0.29, 0.717) is 5.75 Å². The Hall–Kier alpha value is -2.42. The molecule has 1 saturated heterocycles. The van der Waals surface area contributed by atoms with Gasteiger partial charge in [0.15, 0.2) is 11.0 Å². The Bertz CT molecular complexity index is 1050. The fraction of sp³-hybridized carbons (Fsp3) is 0.286. The van der Waals surface area contributed by atoms with E-state index in [-0.39, 0.29) is 6.10 Å². The summed E-state index contributed by atoms with van der Waals surface area (Å²) < 4.78 is 13.6. The van der Waals surface area contributed by atoms with Gasteiger partial charge in [-0.15, -0.1) is 21.5 Å². The van der Waals surface area contributed by atoms with E-state index < -0.39 is 0 Å². The highest BCUT2D eigenvalue weighted by Crippen LogP contribution is 2.31. The third-order valence-electron chi connectivity index (χ3n) is 4.84. The first-order valence-corrected chi connectivity index (χ1v) is 11.5. The number of thiophene rings is 1. The monoisotopic (exact) mass is 424 g/mol. The van der Waals surface area contributed by atoms with Crippen molar-refractivity contribution in [3.05, 3.63) is 59.7 Å². The van der Waals surface area contributed by atoms with Gasteiger partial charge in [-0.2, -0.15) is 0 Å². The third kappa shape index (κ3) is 4.14. The van der Waals surface area contributed by atoms with Crippen LogP contribution in [0.2, 0.25) is 0 Å². The summed E-state index contributed by atoms with van der Waals surface area (Å²) in [4.78, 5) is 1.12. The van der Waals surface area contributed by atoms with Crippen LogP contribution in [0.15, 0.2) is 63.6 Å². The number of thioether (sulfide) groups is 1.